The average Bonchev–Trinajstić information content (AvgIpc) is 2.91. The number of carboxylic acids is 1. The Labute approximate surface area is 125 Å². The molecule has 20 heavy (non-hydrogen) atoms. The van der Waals surface area contributed by atoms with Gasteiger partial charge in [-0.1, -0.05) is 19.9 Å². The lowest BCUT2D eigenvalue weighted by molar-refractivity contribution is 0.0694. The van der Waals surface area contributed by atoms with Crippen molar-refractivity contribution in [1.82, 2.24) is 0 Å². The molecular weight excluding hydrogens is 270 g/mol. The Balaban J connectivity index is 2.37. The Bertz CT molecular complexity index is 497. The standard InChI is InChI=1S/C16H23NO2S/c1-4-16(5-2)9-10-17(11-16)12-7-6-8-13(20-3)14(12)15(18)19/h6-8H,4-5,9-11H2,1-3H3,(H,18,19). The Kier molecular flexibility index (Phi) is 4.63. The lowest BCUT2D eigenvalue weighted by Gasteiger charge is -2.28. The van der Waals surface area contributed by atoms with E-state index in [1.54, 1.807) is 0 Å². The second kappa shape index (κ2) is 6.08. The SMILES string of the molecule is CCC1(CC)CCN(c2cccc(SC)c2C(=O)O)C1. The van der Waals surface area contributed by atoms with Crippen LogP contribution in [-0.4, -0.2) is 30.4 Å². The van der Waals surface area contributed by atoms with Gasteiger partial charge in [0.2, 0.25) is 0 Å². The first-order valence-corrected chi connectivity index (χ1v) is 8.44. The highest BCUT2D eigenvalue weighted by Gasteiger charge is 2.36. The molecule has 1 heterocycles. The Morgan fingerprint density at radius 2 is 2.10 bits per heavy atom. The summed E-state index contributed by atoms with van der Waals surface area (Å²) in [6, 6.07) is 5.80. The van der Waals surface area contributed by atoms with Crippen molar-refractivity contribution in [2.75, 3.05) is 24.2 Å². The van der Waals surface area contributed by atoms with Crippen molar-refractivity contribution in [3.63, 3.8) is 0 Å². The molecule has 4 heteroatoms. The van der Waals surface area contributed by atoms with Crippen LogP contribution in [0.3, 0.4) is 0 Å². The van der Waals surface area contributed by atoms with Gasteiger partial charge in [0.1, 0.15) is 0 Å². The smallest absolute Gasteiger partial charge is 0.338 e. The molecule has 0 unspecified atom stereocenters. The third-order valence-corrected chi connectivity index (χ3v) is 5.50. The number of rotatable bonds is 5. The fraction of sp³-hybridized carbons (Fsp3) is 0.562. The summed E-state index contributed by atoms with van der Waals surface area (Å²) in [6.07, 6.45) is 5.40. The maximum absolute atomic E-state index is 11.6. The number of carbonyl (C=O) groups is 1. The maximum atomic E-state index is 11.6. The number of carboxylic acid groups (broad SMARTS) is 1. The minimum atomic E-state index is -0.824. The molecule has 3 nitrogen and oxygen atoms in total. The largest absolute Gasteiger partial charge is 0.478 e. The minimum Gasteiger partial charge on any atom is -0.478 e. The summed E-state index contributed by atoms with van der Waals surface area (Å²) < 4.78 is 0. The molecular formula is C16H23NO2S. The van der Waals surface area contributed by atoms with Crippen molar-refractivity contribution in [1.29, 1.82) is 0 Å². The molecule has 0 amide bonds. The van der Waals surface area contributed by atoms with Crippen molar-refractivity contribution < 1.29 is 9.90 Å². The molecule has 0 radical (unpaired) electrons. The highest BCUT2D eigenvalue weighted by molar-refractivity contribution is 7.98. The molecule has 1 aromatic rings. The summed E-state index contributed by atoms with van der Waals surface area (Å²) in [5.41, 5.74) is 1.70. The molecule has 110 valence electrons. The molecule has 1 fully saturated rings. The zero-order valence-corrected chi connectivity index (χ0v) is 13.3. The van der Waals surface area contributed by atoms with Crippen LogP contribution >= 0.6 is 11.8 Å². The maximum Gasteiger partial charge on any atom is 0.338 e. The Hall–Kier alpha value is -1.16. The van der Waals surface area contributed by atoms with Crippen molar-refractivity contribution >= 4 is 23.4 Å². The number of thioether (sulfide) groups is 1. The Morgan fingerprint density at radius 3 is 2.60 bits per heavy atom. The van der Waals surface area contributed by atoms with Crippen molar-refractivity contribution in [3.05, 3.63) is 23.8 Å². The third-order valence-electron chi connectivity index (χ3n) is 4.72. The van der Waals surface area contributed by atoms with Crippen LogP contribution in [0.25, 0.3) is 0 Å². The molecule has 0 spiro atoms. The molecule has 1 saturated heterocycles. The number of nitrogens with zero attached hydrogens (tertiary/aromatic N) is 1. The zero-order valence-electron chi connectivity index (χ0n) is 12.5. The van der Waals surface area contributed by atoms with E-state index in [0.29, 0.717) is 11.0 Å². The van der Waals surface area contributed by atoms with Crippen LogP contribution in [0, 0.1) is 5.41 Å². The second-order valence-corrected chi connectivity index (χ2v) is 6.39. The third kappa shape index (κ3) is 2.66. The fourth-order valence-electron chi connectivity index (χ4n) is 3.14. The average molecular weight is 293 g/mol. The molecule has 0 saturated carbocycles. The van der Waals surface area contributed by atoms with E-state index in [1.807, 2.05) is 24.5 Å². The van der Waals surface area contributed by atoms with E-state index < -0.39 is 5.97 Å². The van der Waals surface area contributed by atoms with Gasteiger partial charge in [-0.25, -0.2) is 4.79 Å². The fourth-order valence-corrected chi connectivity index (χ4v) is 3.75. The van der Waals surface area contributed by atoms with E-state index in [2.05, 4.69) is 18.7 Å². The summed E-state index contributed by atoms with van der Waals surface area (Å²) in [7, 11) is 0. The van der Waals surface area contributed by atoms with Gasteiger partial charge in [0.15, 0.2) is 0 Å². The topological polar surface area (TPSA) is 40.5 Å². The van der Waals surface area contributed by atoms with Crippen LogP contribution in [-0.2, 0) is 0 Å². The molecule has 1 aromatic carbocycles. The number of aromatic carboxylic acids is 1. The van der Waals surface area contributed by atoms with E-state index in [1.165, 1.54) is 11.8 Å². The van der Waals surface area contributed by atoms with Crippen LogP contribution in [0.4, 0.5) is 5.69 Å². The molecule has 0 atom stereocenters. The normalized spacial score (nSPS) is 17.4. The minimum absolute atomic E-state index is 0.352. The first-order valence-electron chi connectivity index (χ1n) is 7.22. The van der Waals surface area contributed by atoms with E-state index in [9.17, 15) is 9.90 Å². The van der Waals surface area contributed by atoms with Gasteiger partial charge in [-0.05, 0) is 43.1 Å². The van der Waals surface area contributed by atoms with Crippen molar-refractivity contribution in [3.8, 4) is 0 Å². The first kappa shape index (κ1) is 15.2. The van der Waals surface area contributed by atoms with Crippen molar-refractivity contribution in [2.45, 2.75) is 38.0 Å². The predicted octanol–water partition coefficient (Wildman–Crippen LogP) is 4.12. The van der Waals surface area contributed by atoms with Crippen molar-refractivity contribution in [2.24, 2.45) is 5.41 Å². The molecule has 1 aliphatic rings. The summed E-state index contributed by atoms with van der Waals surface area (Å²) in [6.45, 7) is 6.41. The van der Waals surface area contributed by atoms with Crippen LogP contribution in [0.2, 0.25) is 0 Å². The summed E-state index contributed by atoms with van der Waals surface area (Å²) in [5, 5.41) is 9.54. The van der Waals surface area contributed by atoms with Gasteiger partial charge in [0.25, 0.3) is 0 Å². The summed E-state index contributed by atoms with van der Waals surface area (Å²) in [4.78, 5) is 14.7. The van der Waals surface area contributed by atoms with Gasteiger partial charge in [-0.2, -0.15) is 0 Å². The monoisotopic (exact) mass is 293 g/mol. The number of hydrogen-bond donors (Lipinski definition) is 1. The highest BCUT2D eigenvalue weighted by Crippen LogP contribution is 2.41. The van der Waals surface area contributed by atoms with Crippen LogP contribution in [0.5, 0.6) is 0 Å². The second-order valence-electron chi connectivity index (χ2n) is 5.54. The molecule has 0 bridgehead atoms. The van der Waals surface area contributed by atoms with Gasteiger partial charge in [0.05, 0.1) is 11.3 Å². The van der Waals surface area contributed by atoms with E-state index in [-0.39, 0.29) is 0 Å². The lowest BCUT2D eigenvalue weighted by Crippen LogP contribution is -2.27. The van der Waals surface area contributed by atoms with Gasteiger partial charge in [-0.3, -0.25) is 0 Å². The summed E-state index contributed by atoms with van der Waals surface area (Å²) >= 11 is 1.50. The number of benzene rings is 1. The van der Waals surface area contributed by atoms with Crippen LogP contribution in [0.15, 0.2) is 23.1 Å². The van der Waals surface area contributed by atoms with Crippen LogP contribution in [0.1, 0.15) is 43.5 Å². The van der Waals surface area contributed by atoms with E-state index in [0.717, 1.165) is 42.9 Å². The molecule has 2 rings (SSSR count). The highest BCUT2D eigenvalue weighted by atomic mass is 32.2. The van der Waals surface area contributed by atoms with Gasteiger partial charge in [0, 0.05) is 18.0 Å². The summed E-state index contributed by atoms with van der Waals surface area (Å²) in [5.74, 6) is -0.824. The first-order chi connectivity index (χ1) is 9.56. The zero-order chi connectivity index (χ0) is 14.8. The molecule has 1 N–H and O–H groups in total. The molecule has 0 aromatic heterocycles. The lowest BCUT2D eigenvalue weighted by atomic mass is 9.82. The quantitative estimate of drug-likeness (QED) is 0.829. The number of hydrogen-bond acceptors (Lipinski definition) is 3. The van der Waals surface area contributed by atoms with E-state index >= 15 is 0 Å². The van der Waals surface area contributed by atoms with Gasteiger partial charge >= 0.3 is 5.97 Å². The van der Waals surface area contributed by atoms with Gasteiger partial charge in [-0.15, -0.1) is 11.8 Å². The van der Waals surface area contributed by atoms with Crippen LogP contribution < -0.4 is 4.90 Å². The van der Waals surface area contributed by atoms with E-state index in [4.69, 9.17) is 0 Å². The van der Waals surface area contributed by atoms with Gasteiger partial charge < -0.3 is 10.0 Å². The molecule has 1 aliphatic heterocycles. The molecule has 0 aliphatic carbocycles. The Morgan fingerprint density at radius 1 is 1.40 bits per heavy atom. The number of anilines is 1. The predicted molar refractivity (Wildman–Crippen MR) is 85.0 cm³/mol.